The van der Waals surface area contributed by atoms with Crippen molar-refractivity contribution in [3.63, 3.8) is 0 Å². The van der Waals surface area contributed by atoms with Crippen LogP contribution in [0.2, 0.25) is 0 Å². The van der Waals surface area contributed by atoms with E-state index in [9.17, 15) is 0 Å². The van der Waals surface area contributed by atoms with Gasteiger partial charge < -0.3 is 0 Å². The van der Waals surface area contributed by atoms with Gasteiger partial charge in [0.2, 0.25) is 0 Å². The summed E-state index contributed by atoms with van der Waals surface area (Å²) in [6.45, 7) is 22.7. The van der Waals surface area contributed by atoms with Crippen LogP contribution in [0.1, 0.15) is 118 Å². The third-order valence-electron chi connectivity index (χ3n) is 5.68. The van der Waals surface area contributed by atoms with E-state index in [-0.39, 0.29) is 0 Å². The second-order valence-corrected chi connectivity index (χ2v) is 8.77. The van der Waals surface area contributed by atoms with Crippen molar-refractivity contribution in [3.8, 4) is 0 Å². The maximum Gasteiger partial charge on any atom is -0.0307 e. The van der Waals surface area contributed by atoms with E-state index in [0.717, 1.165) is 31.1 Å². The van der Waals surface area contributed by atoms with Gasteiger partial charge in [-0.2, -0.15) is 0 Å². The van der Waals surface area contributed by atoms with Crippen LogP contribution in [0.15, 0.2) is 54.6 Å². The average molecular weight is 415 g/mol. The minimum absolute atomic E-state index is 1.02. The predicted molar refractivity (Wildman–Crippen MR) is 141 cm³/mol. The molecule has 0 bridgehead atoms. The molecule has 0 N–H and O–H groups in total. The van der Waals surface area contributed by atoms with Gasteiger partial charge in [0.15, 0.2) is 0 Å². The molecule has 2 unspecified atom stereocenters. The number of rotatable bonds is 8. The minimum Gasteiger partial charge on any atom is -0.100 e. The van der Waals surface area contributed by atoms with Crippen LogP contribution in [0.5, 0.6) is 0 Å². The summed E-state index contributed by atoms with van der Waals surface area (Å²) in [6, 6.07) is 10.5. The first kappa shape index (κ1) is 30.9. The Bertz CT molecular complexity index is 482. The first-order valence-corrected chi connectivity index (χ1v) is 12.7. The van der Waals surface area contributed by atoms with E-state index in [1.54, 1.807) is 0 Å². The third-order valence-corrected chi connectivity index (χ3v) is 5.68. The van der Waals surface area contributed by atoms with Crippen molar-refractivity contribution >= 4 is 0 Å². The smallest absolute Gasteiger partial charge is 0.0307 e. The molecule has 2 atom stereocenters. The lowest BCUT2D eigenvalue weighted by molar-refractivity contribution is 0.237. The summed E-state index contributed by atoms with van der Waals surface area (Å²) in [6.07, 6.45) is 15.0. The van der Waals surface area contributed by atoms with Crippen LogP contribution in [0.25, 0.3) is 0 Å². The number of allylic oxidation sites excluding steroid dienone is 2. The first-order chi connectivity index (χ1) is 14.4. The highest BCUT2D eigenvalue weighted by molar-refractivity contribution is 5.13. The molecule has 0 saturated heterocycles. The standard InChI is InChI=1S/C11H22.C9H16.C8H10.C2H6/c1-3-4-8-11-9-6-5-7-10(11)2;1-8(2)6-5-7-9(3)4;1-2-8-6-4-3-5-7-8;1-2/h10-11H,3-9H2,1-2H3;1,3,5-7H2,2,4H3;3-7H,2H2,1H3;1-2H3. The normalized spacial score (nSPS) is 17.2. The molecule has 0 heteroatoms. The molecule has 1 fully saturated rings. The molecule has 0 spiro atoms. The van der Waals surface area contributed by atoms with Gasteiger partial charge in [0.1, 0.15) is 0 Å². The molecule has 1 aliphatic rings. The zero-order valence-corrected chi connectivity index (χ0v) is 21.7. The molecule has 174 valence electrons. The monoisotopic (exact) mass is 414 g/mol. The van der Waals surface area contributed by atoms with Crippen molar-refractivity contribution in [2.75, 3.05) is 0 Å². The van der Waals surface area contributed by atoms with Crippen molar-refractivity contribution in [1.29, 1.82) is 0 Å². The summed E-state index contributed by atoms with van der Waals surface area (Å²) < 4.78 is 0. The molecule has 0 heterocycles. The van der Waals surface area contributed by atoms with E-state index in [1.807, 2.05) is 19.9 Å². The highest BCUT2D eigenvalue weighted by Gasteiger charge is 2.19. The highest BCUT2D eigenvalue weighted by Crippen LogP contribution is 2.32. The molecule has 1 saturated carbocycles. The fraction of sp³-hybridized carbons (Fsp3) is 0.667. The summed E-state index contributed by atoms with van der Waals surface area (Å²) >= 11 is 0. The Labute approximate surface area is 191 Å². The topological polar surface area (TPSA) is 0 Å². The van der Waals surface area contributed by atoms with Crippen molar-refractivity contribution < 1.29 is 0 Å². The van der Waals surface area contributed by atoms with E-state index in [4.69, 9.17) is 0 Å². The Morgan fingerprint density at radius 1 is 0.867 bits per heavy atom. The number of unbranched alkanes of at least 4 members (excludes halogenated alkanes) is 1. The first-order valence-electron chi connectivity index (χ1n) is 12.7. The largest absolute Gasteiger partial charge is 0.100 e. The zero-order chi connectivity index (χ0) is 23.2. The number of aryl methyl sites for hydroxylation is 1. The average Bonchev–Trinajstić information content (AvgIpc) is 2.75. The number of hydrogen-bond acceptors (Lipinski definition) is 0. The predicted octanol–water partition coefficient (Wildman–Crippen LogP) is 10.6. The summed E-state index contributed by atoms with van der Waals surface area (Å²) in [5.41, 5.74) is 3.96. The van der Waals surface area contributed by atoms with Crippen molar-refractivity contribution in [2.24, 2.45) is 11.8 Å². The minimum atomic E-state index is 1.02. The second-order valence-electron chi connectivity index (χ2n) is 8.77. The molecule has 0 nitrogen and oxygen atoms in total. The lowest BCUT2D eigenvalue weighted by atomic mass is 9.78. The van der Waals surface area contributed by atoms with E-state index in [2.05, 4.69) is 72.0 Å². The van der Waals surface area contributed by atoms with Crippen LogP contribution in [0.3, 0.4) is 0 Å². The maximum atomic E-state index is 3.82. The van der Waals surface area contributed by atoms with E-state index in [1.165, 1.54) is 68.1 Å². The van der Waals surface area contributed by atoms with E-state index < -0.39 is 0 Å². The Kier molecular flexibility index (Phi) is 23.1. The second kappa shape index (κ2) is 22.4. The molecule has 1 aliphatic carbocycles. The van der Waals surface area contributed by atoms with Gasteiger partial charge in [0, 0.05) is 0 Å². The van der Waals surface area contributed by atoms with Crippen LogP contribution in [0, 0.1) is 11.8 Å². The van der Waals surface area contributed by atoms with Crippen LogP contribution >= 0.6 is 0 Å². The Morgan fingerprint density at radius 3 is 1.80 bits per heavy atom. The molecule has 2 rings (SSSR count). The van der Waals surface area contributed by atoms with Crippen molar-refractivity contribution in [1.82, 2.24) is 0 Å². The number of hydrogen-bond donors (Lipinski definition) is 0. The van der Waals surface area contributed by atoms with Gasteiger partial charge in [0.05, 0.1) is 0 Å². The number of benzene rings is 1. The zero-order valence-electron chi connectivity index (χ0n) is 21.7. The molecule has 1 aromatic carbocycles. The van der Waals surface area contributed by atoms with Gasteiger partial charge in [-0.15, -0.1) is 13.2 Å². The maximum absolute atomic E-state index is 3.82. The van der Waals surface area contributed by atoms with Crippen LogP contribution < -0.4 is 0 Å². The lowest BCUT2D eigenvalue weighted by Gasteiger charge is -2.28. The molecule has 0 aromatic heterocycles. The molecule has 0 radical (unpaired) electrons. The van der Waals surface area contributed by atoms with Gasteiger partial charge in [0.25, 0.3) is 0 Å². The quantitative estimate of drug-likeness (QED) is 0.371. The molecular formula is C30H54. The van der Waals surface area contributed by atoms with Gasteiger partial charge in [-0.25, -0.2) is 0 Å². The molecule has 30 heavy (non-hydrogen) atoms. The molecule has 0 amide bonds. The Balaban J connectivity index is 0. The van der Waals surface area contributed by atoms with Gasteiger partial charge >= 0.3 is 0 Å². The summed E-state index contributed by atoms with van der Waals surface area (Å²) in [5.74, 6) is 2.10. The highest BCUT2D eigenvalue weighted by atomic mass is 14.3. The van der Waals surface area contributed by atoms with E-state index >= 15 is 0 Å². The Morgan fingerprint density at radius 2 is 1.40 bits per heavy atom. The summed E-state index contributed by atoms with van der Waals surface area (Å²) in [5, 5.41) is 0. The summed E-state index contributed by atoms with van der Waals surface area (Å²) in [7, 11) is 0. The Hall–Kier alpha value is -1.30. The molecule has 0 aliphatic heterocycles. The van der Waals surface area contributed by atoms with Gasteiger partial charge in [-0.1, -0.05) is 121 Å². The van der Waals surface area contributed by atoms with Gasteiger partial charge in [-0.05, 0) is 56.9 Å². The fourth-order valence-corrected chi connectivity index (χ4v) is 3.69. The summed E-state index contributed by atoms with van der Waals surface area (Å²) in [4.78, 5) is 0. The van der Waals surface area contributed by atoms with Crippen molar-refractivity contribution in [3.05, 3.63) is 60.2 Å². The van der Waals surface area contributed by atoms with Crippen LogP contribution in [-0.2, 0) is 6.42 Å². The SMILES string of the molecule is C=C(C)CCCC(=C)C.CC.CCCCC1CCCCC1C.CCc1ccccc1. The third kappa shape index (κ3) is 20.0. The van der Waals surface area contributed by atoms with Gasteiger partial charge in [-0.3, -0.25) is 0 Å². The van der Waals surface area contributed by atoms with Crippen LogP contribution in [-0.4, -0.2) is 0 Å². The van der Waals surface area contributed by atoms with Crippen molar-refractivity contribution in [2.45, 2.75) is 119 Å². The lowest BCUT2D eigenvalue weighted by Crippen LogP contribution is -2.16. The van der Waals surface area contributed by atoms with E-state index in [0.29, 0.717) is 0 Å². The fourth-order valence-electron chi connectivity index (χ4n) is 3.69. The molecular weight excluding hydrogens is 360 g/mol. The van der Waals surface area contributed by atoms with Crippen LogP contribution in [0.4, 0.5) is 0 Å². The molecule has 1 aromatic rings.